The summed E-state index contributed by atoms with van der Waals surface area (Å²) < 4.78 is 2.54. The van der Waals surface area contributed by atoms with E-state index in [2.05, 4.69) is 10.6 Å². The Kier molecular flexibility index (Phi) is 2.15. The second-order valence-corrected chi connectivity index (χ2v) is 4.88. The molecule has 0 aromatic carbocycles. The van der Waals surface area contributed by atoms with Crippen LogP contribution in [0.15, 0.2) is 0 Å². The van der Waals surface area contributed by atoms with E-state index in [0.717, 1.165) is 5.41 Å². The number of hydrogen-bond acceptors (Lipinski definition) is 2. The number of piperidine rings is 1. The highest BCUT2D eigenvalue weighted by Gasteiger charge is 2.40. The molecule has 11 heavy (non-hydrogen) atoms. The Morgan fingerprint density at radius 1 is 1.18 bits per heavy atom. The maximum atomic E-state index is 2.54. The Hall–Kier alpha value is 0.310. The van der Waals surface area contributed by atoms with Gasteiger partial charge in [0.05, 0.1) is 0 Å². The monoisotopic (exact) mass is 171 g/mol. The predicted molar refractivity (Wildman–Crippen MR) is 50.6 cm³/mol. The van der Waals surface area contributed by atoms with Crippen LogP contribution in [0.25, 0.3) is 0 Å². The fourth-order valence-electron chi connectivity index (χ4n) is 2.40. The number of rotatable bonds is 1. The highest BCUT2D eigenvalue weighted by molar-refractivity contribution is 7.96. The fraction of sp³-hybridized carbons (Fsp3) is 1.00. The Labute approximate surface area is 73.7 Å². The minimum Gasteiger partial charge on any atom is -0.250 e. The zero-order chi connectivity index (χ0) is 7.73. The van der Waals surface area contributed by atoms with Gasteiger partial charge in [-0.25, -0.2) is 0 Å². The molecule has 0 amide bonds. The van der Waals surface area contributed by atoms with Crippen LogP contribution >= 0.6 is 11.9 Å². The molecule has 2 heteroatoms. The lowest BCUT2D eigenvalue weighted by atomic mass is 9.65. The van der Waals surface area contributed by atoms with Crippen LogP contribution in [0.5, 0.6) is 0 Å². The molecule has 0 radical (unpaired) electrons. The van der Waals surface area contributed by atoms with Crippen molar-refractivity contribution in [3.05, 3.63) is 0 Å². The zero-order valence-corrected chi connectivity index (χ0v) is 8.12. The van der Waals surface area contributed by atoms with Crippen molar-refractivity contribution in [2.24, 2.45) is 5.41 Å². The average Bonchev–Trinajstić information content (AvgIpc) is 2.02. The highest BCUT2D eigenvalue weighted by Crippen LogP contribution is 2.48. The second-order valence-electron chi connectivity index (χ2n) is 4.00. The Morgan fingerprint density at radius 2 is 1.91 bits per heavy atom. The first kappa shape index (κ1) is 7.93. The molecule has 64 valence electrons. The summed E-state index contributed by atoms with van der Waals surface area (Å²) in [4.78, 5) is 0. The van der Waals surface area contributed by atoms with E-state index in [9.17, 15) is 0 Å². The van der Waals surface area contributed by atoms with Crippen LogP contribution in [0.1, 0.15) is 32.1 Å². The van der Waals surface area contributed by atoms with Crippen LogP contribution in [-0.4, -0.2) is 23.7 Å². The van der Waals surface area contributed by atoms with Crippen molar-refractivity contribution in [3.63, 3.8) is 0 Å². The zero-order valence-electron chi connectivity index (χ0n) is 7.31. The fourth-order valence-corrected chi connectivity index (χ4v) is 3.12. The van der Waals surface area contributed by atoms with Crippen molar-refractivity contribution >= 4 is 11.9 Å². The third-order valence-corrected chi connectivity index (χ3v) is 4.13. The van der Waals surface area contributed by atoms with E-state index < -0.39 is 0 Å². The molecule has 1 aliphatic heterocycles. The molecular weight excluding hydrogens is 154 g/mol. The normalized spacial score (nSPS) is 30.3. The van der Waals surface area contributed by atoms with Gasteiger partial charge in [0.2, 0.25) is 0 Å². The molecule has 2 rings (SSSR count). The molecule has 0 atom stereocenters. The van der Waals surface area contributed by atoms with Gasteiger partial charge in [-0.15, -0.1) is 0 Å². The summed E-state index contributed by atoms with van der Waals surface area (Å²) >= 11 is 1.93. The molecule has 1 saturated heterocycles. The summed E-state index contributed by atoms with van der Waals surface area (Å²) in [5.41, 5.74) is 0.779. The van der Waals surface area contributed by atoms with Gasteiger partial charge in [-0.3, -0.25) is 4.31 Å². The lowest BCUT2D eigenvalue weighted by Gasteiger charge is -2.48. The molecule has 0 bridgehead atoms. The molecule has 2 aliphatic rings. The summed E-state index contributed by atoms with van der Waals surface area (Å²) in [6.07, 6.45) is 9.64. The first-order valence-electron chi connectivity index (χ1n) is 4.64. The Balaban J connectivity index is 1.92. The molecule has 2 fully saturated rings. The van der Waals surface area contributed by atoms with Gasteiger partial charge in [0.25, 0.3) is 0 Å². The van der Waals surface area contributed by atoms with E-state index in [1.165, 1.54) is 45.2 Å². The van der Waals surface area contributed by atoms with E-state index >= 15 is 0 Å². The third kappa shape index (κ3) is 1.43. The summed E-state index contributed by atoms with van der Waals surface area (Å²) in [6, 6.07) is 0. The molecule has 0 aromatic rings. The van der Waals surface area contributed by atoms with Gasteiger partial charge in [-0.2, -0.15) is 0 Å². The van der Waals surface area contributed by atoms with E-state index in [0.29, 0.717) is 0 Å². The standard InChI is InChI=1S/C9H17NS/c1-11-10-7-3-6-9(8-10)4-2-5-9/h2-8H2,1H3. The molecule has 1 saturated carbocycles. The Bertz CT molecular complexity index is 142. The van der Waals surface area contributed by atoms with Crippen molar-refractivity contribution in [1.82, 2.24) is 4.31 Å². The quantitative estimate of drug-likeness (QED) is 0.558. The summed E-state index contributed by atoms with van der Waals surface area (Å²) in [5.74, 6) is 0. The third-order valence-electron chi connectivity index (χ3n) is 3.30. The van der Waals surface area contributed by atoms with E-state index in [1.54, 1.807) is 0 Å². The van der Waals surface area contributed by atoms with E-state index in [-0.39, 0.29) is 0 Å². The molecule has 0 N–H and O–H groups in total. The van der Waals surface area contributed by atoms with Crippen LogP contribution in [0.3, 0.4) is 0 Å². The summed E-state index contributed by atoms with van der Waals surface area (Å²) in [7, 11) is 0. The molecule has 1 spiro atoms. The van der Waals surface area contributed by atoms with Crippen molar-refractivity contribution in [2.75, 3.05) is 19.3 Å². The van der Waals surface area contributed by atoms with E-state index in [1.807, 2.05) is 11.9 Å². The van der Waals surface area contributed by atoms with Crippen LogP contribution in [-0.2, 0) is 0 Å². The predicted octanol–water partition coefficient (Wildman–Crippen LogP) is 2.53. The number of nitrogens with zero attached hydrogens (tertiary/aromatic N) is 1. The smallest absolute Gasteiger partial charge is 0.0146 e. The van der Waals surface area contributed by atoms with Crippen molar-refractivity contribution in [3.8, 4) is 0 Å². The first-order chi connectivity index (χ1) is 5.35. The average molecular weight is 171 g/mol. The van der Waals surface area contributed by atoms with Crippen LogP contribution < -0.4 is 0 Å². The number of hydrogen-bond donors (Lipinski definition) is 0. The van der Waals surface area contributed by atoms with Crippen molar-refractivity contribution in [1.29, 1.82) is 0 Å². The van der Waals surface area contributed by atoms with Crippen LogP contribution in [0, 0.1) is 5.41 Å². The SMILES string of the molecule is CSN1CCCC2(CCC2)C1. The largest absolute Gasteiger partial charge is 0.250 e. The molecule has 0 aromatic heterocycles. The highest BCUT2D eigenvalue weighted by atomic mass is 32.2. The molecule has 0 unspecified atom stereocenters. The van der Waals surface area contributed by atoms with Gasteiger partial charge in [0, 0.05) is 13.1 Å². The van der Waals surface area contributed by atoms with Gasteiger partial charge < -0.3 is 0 Å². The maximum Gasteiger partial charge on any atom is 0.0146 e. The minimum atomic E-state index is 0.779. The molecule has 1 nitrogen and oxygen atoms in total. The molecule has 1 aliphatic carbocycles. The molecular formula is C9H17NS. The first-order valence-corrected chi connectivity index (χ1v) is 5.82. The van der Waals surface area contributed by atoms with Gasteiger partial charge in [-0.05, 0) is 37.4 Å². The van der Waals surface area contributed by atoms with Crippen LogP contribution in [0.4, 0.5) is 0 Å². The van der Waals surface area contributed by atoms with Crippen LogP contribution in [0.2, 0.25) is 0 Å². The maximum absolute atomic E-state index is 2.54. The Morgan fingerprint density at radius 3 is 2.45 bits per heavy atom. The lowest BCUT2D eigenvalue weighted by molar-refractivity contribution is 0.0605. The van der Waals surface area contributed by atoms with Crippen molar-refractivity contribution < 1.29 is 0 Å². The summed E-state index contributed by atoms with van der Waals surface area (Å²) in [6.45, 7) is 2.69. The lowest BCUT2D eigenvalue weighted by Crippen LogP contribution is -2.44. The second kappa shape index (κ2) is 2.98. The van der Waals surface area contributed by atoms with Gasteiger partial charge in [-0.1, -0.05) is 18.4 Å². The topological polar surface area (TPSA) is 3.24 Å². The minimum absolute atomic E-state index is 0.779. The van der Waals surface area contributed by atoms with Gasteiger partial charge in [0.15, 0.2) is 0 Å². The van der Waals surface area contributed by atoms with Gasteiger partial charge in [0.1, 0.15) is 0 Å². The van der Waals surface area contributed by atoms with E-state index in [4.69, 9.17) is 0 Å². The molecule has 1 heterocycles. The van der Waals surface area contributed by atoms with Gasteiger partial charge >= 0.3 is 0 Å². The summed E-state index contributed by atoms with van der Waals surface area (Å²) in [5, 5.41) is 0. The van der Waals surface area contributed by atoms with Crippen molar-refractivity contribution in [2.45, 2.75) is 32.1 Å².